The fourth-order valence-electron chi connectivity index (χ4n) is 1.96. The van der Waals surface area contributed by atoms with Crippen LogP contribution in [0.5, 0.6) is 0 Å². The van der Waals surface area contributed by atoms with E-state index in [1.54, 1.807) is 6.92 Å². The van der Waals surface area contributed by atoms with Gasteiger partial charge >= 0.3 is 0 Å². The molecule has 4 N–H and O–H groups in total. The van der Waals surface area contributed by atoms with Crippen LogP contribution in [0.2, 0.25) is 0 Å². The van der Waals surface area contributed by atoms with Gasteiger partial charge in [0.1, 0.15) is 9.90 Å². The largest absolute Gasteiger partial charge is 0.382 e. The highest BCUT2D eigenvalue weighted by atomic mass is 32.2. The zero-order valence-electron chi connectivity index (χ0n) is 12.0. The van der Waals surface area contributed by atoms with Gasteiger partial charge in [0.25, 0.3) is 0 Å². The van der Waals surface area contributed by atoms with E-state index < -0.39 is 9.84 Å². The Hall–Kier alpha value is -1.61. The van der Waals surface area contributed by atoms with Crippen molar-refractivity contribution in [3.05, 3.63) is 17.5 Å². The Labute approximate surface area is 128 Å². The summed E-state index contributed by atoms with van der Waals surface area (Å²) in [6, 6.07) is 0. The molecule has 9 heteroatoms. The van der Waals surface area contributed by atoms with E-state index in [0.717, 1.165) is 30.1 Å². The van der Waals surface area contributed by atoms with E-state index in [9.17, 15) is 8.42 Å². The first-order chi connectivity index (χ1) is 9.95. The number of aromatic amines is 1. The smallest absolute Gasteiger partial charge is 0.184 e. The Bertz CT molecular complexity index is 705. The number of nitrogens with zero attached hydrogens (tertiary/aromatic N) is 2. The summed E-state index contributed by atoms with van der Waals surface area (Å²) in [5.74, 6) is 0.0911. The molecule has 0 aromatic carbocycles. The Morgan fingerprint density at radius 3 is 2.86 bits per heavy atom. The van der Waals surface area contributed by atoms with Gasteiger partial charge in [0.2, 0.25) is 0 Å². The summed E-state index contributed by atoms with van der Waals surface area (Å²) in [5.41, 5.74) is 7.90. The standard InChI is InChI=1S/C12H19N5O2S2/c1-3-21(18,19)10-11(13)17-20-12(10)14-6-4-5-9-7-15-16-8(9)2/h7,14H,3-6H2,1-2H3,(H2,13,17)(H,15,16). The Balaban J connectivity index is 1.97. The molecule has 0 bridgehead atoms. The number of rotatable bonds is 7. The Kier molecular flexibility index (Phi) is 4.84. The number of nitrogens with one attached hydrogen (secondary N) is 2. The molecule has 0 atom stereocenters. The second-order valence-electron chi connectivity index (χ2n) is 4.68. The van der Waals surface area contributed by atoms with Crippen molar-refractivity contribution in [2.75, 3.05) is 23.3 Å². The lowest BCUT2D eigenvalue weighted by molar-refractivity contribution is 0.598. The summed E-state index contributed by atoms with van der Waals surface area (Å²) < 4.78 is 27.9. The maximum absolute atomic E-state index is 12.0. The molecule has 0 fully saturated rings. The van der Waals surface area contributed by atoms with Crippen LogP contribution in [0.4, 0.5) is 10.8 Å². The van der Waals surface area contributed by atoms with Gasteiger partial charge in [-0.15, -0.1) is 0 Å². The molecule has 0 aliphatic carbocycles. The van der Waals surface area contributed by atoms with E-state index in [4.69, 9.17) is 5.73 Å². The van der Waals surface area contributed by atoms with E-state index in [2.05, 4.69) is 19.9 Å². The number of sulfone groups is 1. The van der Waals surface area contributed by atoms with E-state index in [1.807, 2.05) is 13.1 Å². The molecular formula is C12H19N5O2S2. The maximum atomic E-state index is 12.0. The predicted molar refractivity (Wildman–Crippen MR) is 84.4 cm³/mol. The molecule has 116 valence electrons. The van der Waals surface area contributed by atoms with Gasteiger partial charge in [0.05, 0.1) is 11.9 Å². The summed E-state index contributed by atoms with van der Waals surface area (Å²) in [6.07, 6.45) is 3.55. The summed E-state index contributed by atoms with van der Waals surface area (Å²) in [4.78, 5) is 0.134. The van der Waals surface area contributed by atoms with Crippen LogP contribution >= 0.6 is 11.5 Å². The quantitative estimate of drug-likeness (QED) is 0.665. The molecule has 2 aromatic rings. The molecule has 0 aliphatic rings. The van der Waals surface area contributed by atoms with Crippen molar-refractivity contribution in [2.45, 2.75) is 31.6 Å². The molecule has 2 heterocycles. The van der Waals surface area contributed by atoms with Gasteiger partial charge in [-0.3, -0.25) is 5.10 Å². The van der Waals surface area contributed by atoms with Gasteiger partial charge in [0.15, 0.2) is 15.7 Å². The lowest BCUT2D eigenvalue weighted by Crippen LogP contribution is -2.10. The monoisotopic (exact) mass is 329 g/mol. The van der Waals surface area contributed by atoms with Crippen molar-refractivity contribution in [3.63, 3.8) is 0 Å². The number of H-pyrrole nitrogens is 1. The number of aryl methyl sites for hydroxylation is 2. The first-order valence-electron chi connectivity index (χ1n) is 6.66. The summed E-state index contributed by atoms with van der Waals surface area (Å²) >= 11 is 1.09. The third-order valence-electron chi connectivity index (χ3n) is 3.21. The lowest BCUT2D eigenvalue weighted by Gasteiger charge is -2.07. The SMILES string of the molecule is CCS(=O)(=O)c1c(N)nsc1NCCCc1cn[nH]c1C. The molecule has 0 saturated heterocycles. The zero-order valence-corrected chi connectivity index (χ0v) is 13.6. The van der Waals surface area contributed by atoms with Gasteiger partial charge in [-0.2, -0.15) is 9.47 Å². The van der Waals surface area contributed by atoms with Crippen LogP contribution < -0.4 is 11.1 Å². The van der Waals surface area contributed by atoms with Crippen LogP contribution in [0.1, 0.15) is 24.6 Å². The van der Waals surface area contributed by atoms with Crippen molar-refractivity contribution in [1.82, 2.24) is 14.6 Å². The predicted octanol–water partition coefficient (Wildman–Crippen LogP) is 1.60. The number of hydrogen-bond donors (Lipinski definition) is 3. The fraction of sp³-hybridized carbons (Fsp3) is 0.500. The Morgan fingerprint density at radius 1 is 1.48 bits per heavy atom. The third kappa shape index (κ3) is 3.53. The van der Waals surface area contributed by atoms with E-state index in [1.165, 1.54) is 5.56 Å². The van der Waals surface area contributed by atoms with Gasteiger partial charge < -0.3 is 11.1 Å². The second-order valence-corrected chi connectivity index (χ2v) is 7.67. The van der Waals surface area contributed by atoms with Crippen molar-refractivity contribution in [1.29, 1.82) is 0 Å². The molecule has 21 heavy (non-hydrogen) atoms. The van der Waals surface area contributed by atoms with E-state index in [0.29, 0.717) is 11.5 Å². The van der Waals surface area contributed by atoms with Crippen molar-refractivity contribution in [3.8, 4) is 0 Å². The molecule has 0 aliphatic heterocycles. The highest BCUT2D eigenvalue weighted by molar-refractivity contribution is 7.91. The Morgan fingerprint density at radius 2 is 2.24 bits per heavy atom. The topological polar surface area (TPSA) is 114 Å². The minimum Gasteiger partial charge on any atom is -0.382 e. The molecular weight excluding hydrogens is 310 g/mol. The molecule has 7 nitrogen and oxygen atoms in total. The molecule has 2 aromatic heterocycles. The van der Waals surface area contributed by atoms with Crippen molar-refractivity contribution in [2.24, 2.45) is 0 Å². The average Bonchev–Trinajstić information content (AvgIpc) is 3.01. The summed E-state index contributed by atoms with van der Waals surface area (Å²) in [6.45, 7) is 4.22. The summed E-state index contributed by atoms with van der Waals surface area (Å²) in [7, 11) is -3.36. The maximum Gasteiger partial charge on any atom is 0.184 e. The fourth-order valence-corrected chi connectivity index (χ4v) is 4.15. The van der Waals surface area contributed by atoms with Crippen LogP contribution in [-0.2, 0) is 16.3 Å². The number of anilines is 2. The normalized spacial score (nSPS) is 11.7. The van der Waals surface area contributed by atoms with Gasteiger partial charge in [0, 0.05) is 12.2 Å². The lowest BCUT2D eigenvalue weighted by atomic mass is 10.1. The highest BCUT2D eigenvalue weighted by Gasteiger charge is 2.23. The van der Waals surface area contributed by atoms with Crippen LogP contribution in [-0.4, -0.2) is 35.3 Å². The van der Waals surface area contributed by atoms with Gasteiger partial charge in [-0.25, -0.2) is 8.42 Å². The molecule has 0 radical (unpaired) electrons. The molecule has 0 amide bonds. The van der Waals surface area contributed by atoms with Gasteiger partial charge in [-0.1, -0.05) is 6.92 Å². The van der Waals surface area contributed by atoms with Crippen LogP contribution in [0.15, 0.2) is 11.1 Å². The van der Waals surface area contributed by atoms with Crippen molar-refractivity contribution >= 4 is 32.2 Å². The first-order valence-corrected chi connectivity index (χ1v) is 9.09. The summed E-state index contributed by atoms with van der Waals surface area (Å²) in [5, 5.41) is 10.5. The molecule has 0 unspecified atom stereocenters. The van der Waals surface area contributed by atoms with Crippen LogP contribution in [0.25, 0.3) is 0 Å². The van der Waals surface area contributed by atoms with Crippen LogP contribution in [0.3, 0.4) is 0 Å². The zero-order chi connectivity index (χ0) is 15.5. The number of aromatic nitrogens is 3. The minimum absolute atomic E-state index is 0.0124. The van der Waals surface area contributed by atoms with Crippen molar-refractivity contribution < 1.29 is 8.42 Å². The number of nitrogens with two attached hydrogens (primary N) is 1. The number of hydrogen-bond acceptors (Lipinski definition) is 7. The van der Waals surface area contributed by atoms with Crippen LogP contribution in [0, 0.1) is 6.92 Å². The van der Waals surface area contributed by atoms with E-state index >= 15 is 0 Å². The van der Waals surface area contributed by atoms with E-state index in [-0.39, 0.29) is 16.5 Å². The minimum atomic E-state index is -3.36. The van der Waals surface area contributed by atoms with Gasteiger partial charge in [-0.05, 0) is 36.9 Å². The number of nitrogen functional groups attached to an aromatic ring is 1. The molecule has 2 rings (SSSR count). The average molecular weight is 329 g/mol. The first kappa shape index (κ1) is 15.8. The molecule has 0 spiro atoms. The second kappa shape index (κ2) is 6.44. The third-order valence-corrected chi connectivity index (χ3v) is 5.95. The molecule has 0 saturated carbocycles. The highest BCUT2D eigenvalue weighted by Crippen LogP contribution is 2.32.